The molecule has 108 valence electrons. The third kappa shape index (κ3) is 3.36. The third-order valence-corrected chi connectivity index (χ3v) is 2.57. The molecule has 0 aliphatic carbocycles. The lowest BCUT2D eigenvalue weighted by molar-refractivity contribution is -0.132. The van der Waals surface area contributed by atoms with E-state index in [2.05, 4.69) is 4.98 Å². The van der Waals surface area contributed by atoms with Crippen LogP contribution in [-0.4, -0.2) is 22.7 Å². The molecule has 0 saturated heterocycles. The van der Waals surface area contributed by atoms with Crippen molar-refractivity contribution in [3.63, 3.8) is 0 Å². The van der Waals surface area contributed by atoms with Crippen molar-refractivity contribution in [3.8, 4) is 11.5 Å². The Morgan fingerprint density at radius 2 is 1.48 bits per heavy atom. The Labute approximate surface area is 120 Å². The van der Waals surface area contributed by atoms with Crippen LogP contribution in [0.3, 0.4) is 0 Å². The van der Waals surface area contributed by atoms with Gasteiger partial charge in [-0.15, -0.1) is 0 Å². The van der Waals surface area contributed by atoms with E-state index in [1.807, 2.05) is 0 Å². The number of carbonyl (C=O) groups is 3. The topological polar surface area (TPSA) is 85.5 Å². The average Bonchev–Trinajstić information content (AvgIpc) is 2.90. The molecule has 2 aromatic rings. The van der Waals surface area contributed by atoms with Gasteiger partial charge in [-0.2, -0.15) is 0 Å². The van der Waals surface area contributed by atoms with Gasteiger partial charge < -0.3 is 14.5 Å². The fraction of sp³-hybridized carbons (Fsp3) is 0.133. The van der Waals surface area contributed by atoms with Crippen LogP contribution in [0.2, 0.25) is 0 Å². The predicted octanol–water partition coefficient (Wildman–Crippen LogP) is 2.10. The van der Waals surface area contributed by atoms with Crippen molar-refractivity contribution < 1.29 is 23.9 Å². The molecular weight excluding hydrogens is 274 g/mol. The SMILES string of the molecule is CC(=O)Oc1cccc(OC(C)=O)c1C(=O)c1ccc[nH]1. The maximum atomic E-state index is 12.5. The minimum Gasteiger partial charge on any atom is -0.426 e. The number of hydrogen-bond donors (Lipinski definition) is 1. The van der Waals surface area contributed by atoms with Crippen molar-refractivity contribution in [2.75, 3.05) is 0 Å². The molecule has 1 aromatic carbocycles. The normalized spacial score (nSPS) is 10.0. The van der Waals surface area contributed by atoms with Crippen LogP contribution in [0.25, 0.3) is 0 Å². The van der Waals surface area contributed by atoms with E-state index in [1.54, 1.807) is 18.3 Å². The molecule has 0 unspecified atom stereocenters. The van der Waals surface area contributed by atoms with E-state index in [9.17, 15) is 14.4 Å². The molecule has 1 N–H and O–H groups in total. The van der Waals surface area contributed by atoms with Gasteiger partial charge in [0.2, 0.25) is 5.78 Å². The van der Waals surface area contributed by atoms with Crippen molar-refractivity contribution >= 4 is 17.7 Å². The molecule has 0 saturated carbocycles. The molecule has 0 aliphatic heterocycles. The summed E-state index contributed by atoms with van der Waals surface area (Å²) >= 11 is 0. The molecule has 0 bridgehead atoms. The summed E-state index contributed by atoms with van der Waals surface area (Å²) in [5, 5.41) is 0. The van der Waals surface area contributed by atoms with Gasteiger partial charge in [-0.3, -0.25) is 14.4 Å². The molecule has 0 amide bonds. The molecule has 0 aliphatic rings. The molecule has 6 nitrogen and oxygen atoms in total. The Kier molecular flexibility index (Phi) is 4.18. The number of hydrogen-bond acceptors (Lipinski definition) is 5. The number of carbonyl (C=O) groups excluding carboxylic acids is 3. The van der Waals surface area contributed by atoms with Gasteiger partial charge in [0.05, 0.1) is 5.69 Å². The van der Waals surface area contributed by atoms with Crippen LogP contribution in [0, 0.1) is 0 Å². The summed E-state index contributed by atoms with van der Waals surface area (Å²) in [6, 6.07) is 7.69. The van der Waals surface area contributed by atoms with Crippen molar-refractivity contribution in [3.05, 3.63) is 47.8 Å². The Morgan fingerprint density at radius 3 is 1.90 bits per heavy atom. The first-order valence-electron chi connectivity index (χ1n) is 6.17. The van der Waals surface area contributed by atoms with E-state index in [1.165, 1.54) is 32.0 Å². The summed E-state index contributed by atoms with van der Waals surface area (Å²) < 4.78 is 10.0. The number of aromatic amines is 1. The number of aromatic nitrogens is 1. The van der Waals surface area contributed by atoms with Gasteiger partial charge in [0.25, 0.3) is 0 Å². The lowest BCUT2D eigenvalue weighted by atomic mass is 10.1. The first-order valence-corrected chi connectivity index (χ1v) is 6.17. The van der Waals surface area contributed by atoms with Gasteiger partial charge in [-0.25, -0.2) is 0 Å². The second-order valence-electron chi connectivity index (χ2n) is 4.23. The zero-order valence-corrected chi connectivity index (χ0v) is 11.5. The van der Waals surface area contributed by atoms with E-state index in [-0.39, 0.29) is 17.1 Å². The Morgan fingerprint density at radius 1 is 0.905 bits per heavy atom. The highest BCUT2D eigenvalue weighted by Crippen LogP contribution is 2.31. The molecule has 21 heavy (non-hydrogen) atoms. The number of H-pyrrole nitrogens is 1. The zero-order valence-electron chi connectivity index (χ0n) is 11.5. The molecule has 1 heterocycles. The van der Waals surface area contributed by atoms with Gasteiger partial charge in [0.15, 0.2) is 0 Å². The van der Waals surface area contributed by atoms with Crippen molar-refractivity contribution in [1.29, 1.82) is 0 Å². The van der Waals surface area contributed by atoms with Crippen LogP contribution >= 0.6 is 0 Å². The fourth-order valence-electron chi connectivity index (χ4n) is 1.82. The second kappa shape index (κ2) is 6.04. The van der Waals surface area contributed by atoms with Gasteiger partial charge in [0.1, 0.15) is 17.1 Å². The van der Waals surface area contributed by atoms with Crippen LogP contribution in [0.1, 0.15) is 29.9 Å². The average molecular weight is 287 g/mol. The monoisotopic (exact) mass is 287 g/mol. The van der Waals surface area contributed by atoms with Crippen molar-refractivity contribution in [2.45, 2.75) is 13.8 Å². The molecular formula is C15H13NO5. The molecule has 2 rings (SSSR count). The van der Waals surface area contributed by atoms with E-state index in [0.29, 0.717) is 5.69 Å². The van der Waals surface area contributed by atoms with Gasteiger partial charge >= 0.3 is 11.9 Å². The molecule has 6 heteroatoms. The van der Waals surface area contributed by atoms with Gasteiger partial charge in [-0.1, -0.05) is 6.07 Å². The quantitative estimate of drug-likeness (QED) is 0.528. The number of ketones is 1. The zero-order chi connectivity index (χ0) is 15.4. The number of rotatable bonds is 4. The number of ether oxygens (including phenoxy) is 2. The van der Waals surface area contributed by atoms with Crippen LogP contribution < -0.4 is 9.47 Å². The molecule has 0 atom stereocenters. The van der Waals surface area contributed by atoms with Gasteiger partial charge in [-0.05, 0) is 24.3 Å². The van der Waals surface area contributed by atoms with E-state index < -0.39 is 17.7 Å². The number of esters is 2. The summed E-state index contributed by atoms with van der Waals surface area (Å²) in [7, 11) is 0. The standard InChI is InChI=1S/C15H13NO5/c1-9(17)20-12-6-3-7-13(21-10(2)18)14(12)15(19)11-5-4-8-16-11/h3-8,16H,1-2H3. The second-order valence-corrected chi connectivity index (χ2v) is 4.23. The summed E-state index contributed by atoms with van der Waals surface area (Å²) in [6.07, 6.45) is 1.59. The lowest BCUT2D eigenvalue weighted by Crippen LogP contribution is -2.12. The van der Waals surface area contributed by atoms with Gasteiger partial charge in [0, 0.05) is 20.0 Å². The Bertz CT molecular complexity index is 654. The van der Waals surface area contributed by atoms with Crippen LogP contribution in [-0.2, 0) is 9.59 Å². The summed E-state index contributed by atoms with van der Waals surface area (Å²) in [4.78, 5) is 37.6. The first-order chi connectivity index (χ1) is 9.99. The lowest BCUT2D eigenvalue weighted by Gasteiger charge is -2.12. The van der Waals surface area contributed by atoms with Crippen LogP contribution in [0.15, 0.2) is 36.5 Å². The Hall–Kier alpha value is -2.89. The summed E-state index contributed by atoms with van der Waals surface area (Å²) in [6.45, 7) is 2.45. The predicted molar refractivity (Wildman–Crippen MR) is 73.3 cm³/mol. The van der Waals surface area contributed by atoms with Crippen LogP contribution in [0.5, 0.6) is 11.5 Å². The third-order valence-electron chi connectivity index (χ3n) is 2.57. The molecule has 0 fully saturated rings. The molecule has 0 spiro atoms. The largest absolute Gasteiger partial charge is 0.426 e. The highest BCUT2D eigenvalue weighted by Gasteiger charge is 2.22. The summed E-state index contributed by atoms with van der Waals surface area (Å²) in [5.74, 6) is -1.50. The maximum absolute atomic E-state index is 12.5. The van der Waals surface area contributed by atoms with Crippen molar-refractivity contribution in [1.82, 2.24) is 4.98 Å². The van der Waals surface area contributed by atoms with Crippen molar-refractivity contribution in [2.24, 2.45) is 0 Å². The van der Waals surface area contributed by atoms with Crippen LogP contribution in [0.4, 0.5) is 0 Å². The fourth-order valence-corrected chi connectivity index (χ4v) is 1.82. The number of benzene rings is 1. The Balaban J connectivity index is 2.54. The molecule has 1 aromatic heterocycles. The van der Waals surface area contributed by atoms with E-state index in [0.717, 1.165) is 0 Å². The summed E-state index contributed by atoms with van der Waals surface area (Å²) in [5.41, 5.74) is 0.313. The molecule has 0 radical (unpaired) electrons. The smallest absolute Gasteiger partial charge is 0.308 e. The minimum atomic E-state index is -0.574. The first kappa shape index (κ1) is 14.5. The maximum Gasteiger partial charge on any atom is 0.308 e. The minimum absolute atomic E-state index is 0.0188. The number of nitrogens with one attached hydrogen (secondary N) is 1. The highest BCUT2D eigenvalue weighted by molar-refractivity contribution is 6.12. The van der Waals surface area contributed by atoms with E-state index >= 15 is 0 Å². The highest BCUT2D eigenvalue weighted by atomic mass is 16.5. The van der Waals surface area contributed by atoms with E-state index in [4.69, 9.17) is 9.47 Å².